The van der Waals surface area contributed by atoms with E-state index in [1.54, 1.807) is 34.8 Å². The number of benzene rings is 1. The van der Waals surface area contributed by atoms with Gasteiger partial charge in [0.25, 0.3) is 11.8 Å². The lowest BCUT2D eigenvalue weighted by molar-refractivity contribution is 0.0995. The van der Waals surface area contributed by atoms with Crippen LogP contribution in [0, 0.1) is 0 Å². The van der Waals surface area contributed by atoms with Crippen molar-refractivity contribution in [3.05, 3.63) is 53.1 Å². The van der Waals surface area contributed by atoms with Gasteiger partial charge in [0, 0.05) is 36.0 Å². The molecule has 2 N–H and O–H groups in total. The molecule has 1 aliphatic heterocycles. The molecule has 2 amide bonds. The van der Waals surface area contributed by atoms with Crippen LogP contribution < -0.4 is 10.2 Å². The van der Waals surface area contributed by atoms with E-state index in [0.717, 1.165) is 16.7 Å². The minimum absolute atomic E-state index is 0.0836. The van der Waals surface area contributed by atoms with Crippen LogP contribution in [0.3, 0.4) is 0 Å². The van der Waals surface area contributed by atoms with Gasteiger partial charge in [-0.2, -0.15) is 13.9 Å². The standard InChI is InChI=1S/C22H20F2N6O4/c1-29-10-16(11-4-6-14(7-5-11)25-22(32)33)18(28-29)30-9-13-3-2-12(8-15(13)21(30)31)19-26-27-20(34-19)17(23)24/h2-4,8,10,14,17,25H,5-7,9H2,1H3,(H,32,33). The van der Waals surface area contributed by atoms with Crippen LogP contribution in [0.15, 0.2) is 34.9 Å². The molecule has 0 radical (unpaired) electrons. The number of allylic oxidation sites excluding steroid dienone is 1. The minimum Gasteiger partial charge on any atom is -0.465 e. The average Bonchev–Trinajstić information content (AvgIpc) is 3.51. The van der Waals surface area contributed by atoms with Crippen LogP contribution in [-0.2, 0) is 13.6 Å². The number of aryl methyl sites for hydroxylation is 1. The second kappa shape index (κ2) is 8.36. The van der Waals surface area contributed by atoms with Crippen LogP contribution in [-0.4, -0.2) is 43.1 Å². The molecule has 1 unspecified atom stereocenters. The zero-order valence-corrected chi connectivity index (χ0v) is 18.0. The molecule has 3 heterocycles. The number of carbonyl (C=O) groups excluding carboxylic acids is 1. The van der Waals surface area contributed by atoms with Crippen LogP contribution in [0.5, 0.6) is 0 Å². The van der Waals surface area contributed by atoms with Gasteiger partial charge in [-0.3, -0.25) is 14.4 Å². The molecule has 1 aliphatic carbocycles. The van der Waals surface area contributed by atoms with E-state index in [4.69, 9.17) is 9.52 Å². The van der Waals surface area contributed by atoms with Crippen molar-refractivity contribution in [2.45, 2.75) is 38.3 Å². The third-order valence-corrected chi connectivity index (χ3v) is 5.94. The number of nitrogens with one attached hydrogen (secondary N) is 1. The second-order valence-corrected chi connectivity index (χ2v) is 8.20. The van der Waals surface area contributed by atoms with Gasteiger partial charge in [-0.1, -0.05) is 12.1 Å². The number of carboxylic acid groups (broad SMARTS) is 1. The monoisotopic (exact) mass is 470 g/mol. The van der Waals surface area contributed by atoms with Crippen LogP contribution in [0.25, 0.3) is 17.0 Å². The van der Waals surface area contributed by atoms with Gasteiger partial charge in [-0.15, -0.1) is 10.2 Å². The average molecular weight is 470 g/mol. The van der Waals surface area contributed by atoms with Crippen LogP contribution in [0.2, 0.25) is 0 Å². The first-order valence-electron chi connectivity index (χ1n) is 10.6. The van der Waals surface area contributed by atoms with Crippen molar-refractivity contribution in [2.24, 2.45) is 7.05 Å². The number of hydrogen-bond acceptors (Lipinski definition) is 6. The Morgan fingerprint density at radius 1 is 1.29 bits per heavy atom. The Morgan fingerprint density at radius 2 is 2.12 bits per heavy atom. The van der Waals surface area contributed by atoms with Crippen molar-refractivity contribution < 1.29 is 27.9 Å². The second-order valence-electron chi connectivity index (χ2n) is 8.20. The van der Waals surface area contributed by atoms with Crippen LogP contribution in [0.1, 0.15) is 53.1 Å². The predicted octanol–water partition coefficient (Wildman–Crippen LogP) is 3.77. The fourth-order valence-electron chi connectivity index (χ4n) is 4.33. The summed E-state index contributed by atoms with van der Waals surface area (Å²) in [5.41, 5.74) is 3.37. The third kappa shape index (κ3) is 3.91. The summed E-state index contributed by atoms with van der Waals surface area (Å²) >= 11 is 0. The first-order chi connectivity index (χ1) is 16.3. The number of halogens is 2. The molecular formula is C22H20F2N6O4. The van der Waals surface area contributed by atoms with E-state index in [2.05, 4.69) is 20.6 Å². The fraction of sp³-hybridized carbons (Fsp3) is 0.318. The van der Waals surface area contributed by atoms with Crippen molar-refractivity contribution >= 4 is 23.4 Å². The number of nitrogens with zero attached hydrogens (tertiary/aromatic N) is 5. The SMILES string of the molecule is Cn1cc(C2=CCC(NC(=O)O)CC2)c(N2Cc3ccc(-c4nnc(C(F)F)o4)cc3C2=O)n1. The number of alkyl halides is 2. The molecule has 2 aromatic heterocycles. The van der Waals surface area contributed by atoms with E-state index < -0.39 is 18.4 Å². The van der Waals surface area contributed by atoms with Crippen molar-refractivity contribution in [2.75, 3.05) is 4.90 Å². The maximum absolute atomic E-state index is 13.3. The highest BCUT2D eigenvalue weighted by atomic mass is 19.3. The van der Waals surface area contributed by atoms with E-state index in [0.29, 0.717) is 42.8 Å². The molecule has 0 bridgehead atoms. The van der Waals surface area contributed by atoms with Gasteiger partial charge in [0.15, 0.2) is 5.82 Å². The molecule has 5 rings (SSSR count). The summed E-state index contributed by atoms with van der Waals surface area (Å²) in [5, 5.41) is 22.9. The van der Waals surface area contributed by atoms with Gasteiger partial charge in [-0.25, -0.2) is 4.79 Å². The molecule has 3 aromatic rings. The Morgan fingerprint density at radius 3 is 2.79 bits per heavy atom. The summed E-state index contributed by atoms with van der Waals surface area (Å²) < 4.78 is 32.2. The zero-order chi connectivity index (χ0) is 24.0. The zero-order valence-electron chi connectivity index (χ0n) is 18.0. The molecule has 34 heavy (non-hydrogen) atoms. The summed E-state index contributed by atoms with van der Waals surface area (Å²) in [6, 6.07) is 4.80. The molecule has 0 spiro atoms. The summed E-state index contributed by atoms with van der Waals surface area (Å²) in [6.07, 6.45) is 1.75. The summed E-state index contributed by atoms with van der Waals surface area (Å²) in [5.74, 6) is -0.617. The van der Waals surface area contributed by atoms with E-state index in [1.165, 1.54) is 0 Å². The minimum atomic E-state index is -2.88. The highest BCUT2D eigenvalue weighted by molar-refractivity contribution is 6.11. The predicted molar refractivity (Wildman–Crippen MR) is 115 cm³/mol. The topological polar surface area (TPSA) is 126 Å². The quantitative estimate of drug-likeness (QED) is 0.581. The molecule has 0 saturated heterocycles. The molecule has 10 nitrogen and oxygen atoms in total. The molecule has 12 heteroatoms. The molecule has 176 valence electrons. The number of rotatable bonds is 5. The Kier molecular flexibility index (Phi) is 5.34. The summed E-state index contributed by atoms with van der Waals surface area (Å²) in [4.78, 5) is 25.8. The number of anilines is 1. The molecular weight excluding hydrogens is 450 g/mol. The van der Waals surface area contributed by atoms with Crippen molar-refractivity contribution in [3.8, 4) is 11.5 Å². The van der Waals surface area contributed by atoms with Crippen molar-refractivity contribution in [3.63, 3.8) is 0 Å². The van der Waals surface area contributed by atoms with Crippen LogP contribution in [0.4, 0.5) is 19.4 Å². The fourth-order valence-corrected chi connectivity index (χ4v) is 4.33. The maximum atomic E-state index is 13.3. The first kappa shape index (κ1) is 21.7. The first-order valence-corrected chi connectivity index (χ1v) is 10.6. The van der Waals surface area contributed by atoms with Gasteiger partial charge in [-0.05, 0) is 42.5 Å². The number of hydrogen-bond donors (Lipinski definition) is 2. The largest absolute Gasteiger partial charge is 0.465 e. The smallest absolute Gasteiger partial charge is 0.404 e. The Hall–Kier alpha value is -4.09. The number of amides is 2. The normalized spacial score (nSPS) is 17.8. The van der Waals surface area contributed by atoms with Gasteiger partial charge in [0.2, 0.25) is 5.89 Å². The maximum Gasteiger partial charge on any atom is 0.404 e. The Balaban J connectivity index is 1.41. The molecule has 0 saturated carbocycles. The molecule has 1 atom stereocenters. The molecule has 2 aliphatic rings. The highest BCUT2D eigenvalue weighted by Crippen LogP contribution is 2.37. The Bertz CT molecular complexity index is 1310. The van der Waals surface area contributed by atoms with Crippen LogP contribution >= 0.6 is 0 Å². The lowest BCUT2D eigenvalue weighted by Crippen LogP contribution is -2.34. The lowest BCUT2D eigenvalue weighted by atomic mass is 9.91. The van der Waals surface area contributed by atoms with E-state index in [1.807, 2.05) is 12.3 Å². The van der Waals surface area contributed by atoms with Crippen molar-refractivity contribution in [1.82, 2.24) is 25.3 Å². The van der Waals surface area contributed by atoms with Gasteiger partial charge >= 0.3 is 12.5 Å². The number of aromatic nitrogens is 4. The van der Waals surface area contributed by atoms with E-state index in [-0.39, 0.29) is 17.8 Å². The van der Waals surface area contributed by atoms with Crippen molar-refractivity contribution in [1.29, 1.82) is 0 Å². The highest BCUT2D eigenvalue weighted by Gasteiger charge is 2.33. The molecule has 0 fully saturated rings. The number of carbonyl (C=O) groups is 2. The third-order valence-electron chi connectivity index (χ3n) is 5.94. The van der Waals surface area contributed by atoms with Gasteiger partial charge < -0.3 is 14.8 Å². The summed E-state index contributed by atoms with van der Waals surface area (Å²) in [6.45, 7) is 0.307. The Labute approximate surface area is 191 Å². The van der Waals surface area contributed by atoms with Gasteiger partial charge in [0.1, 0.15) is 0 Å². The van der Waals surface area contributed by atoms with Gasteiger partial charge in [0.05, 0.1) is 6.54 Å². The lowest BCUT2D eigenvalue weighted by Gasteiger charge is -2.23. The summed E-state index contributed by atoms with van der Waals surface area (Å²) in [7, 11) is 1.77. The van der Waals surface area contributed by atoms with E-state index >= 15 is 0 Å². The molecule has 1 aromatic carbocycles. The number of fused-ring (bicyclic) bond motifs is 1. The van der Waals surface area contributed by atoms with E-state index in [9.17, 15) is 18.4 Å².